The molecule has 148 valence electrons. The van der Waals surface area contributed by atoms with Gasteiger partial charge in [-0.2, -0.15) is 0 Å². The second-order valence-electron chi connectivity index (χ2n) is 7.51. The minimum atomic E-state index is 0.176. The first-order chi connectivity index (χ1) is 13.7. The predicted molar refractivity (Wildman–Crippen MR) is 106 cm³/mol. The van der Waals surface area contributed by atoms with E-state index in [9.17, 15) is 4.79 Å². The summed E-state index contributed by atoms with van der Waals surface area (Å²) in [4.78, 5) is 30.4. The van der Waals surface area contributed by atoms with Gasteiger partial charge in [-0.3, -0.25) is 9.78 Å². The quantitative estimate of drug-likeness (QED) is 0.806. The summed E-state index contributed by atoms with van der Waals surface area (Å²) >= 11 is 0. The molecule has 2 aliphatic rings. The third-order valence-corrected chi connectivity index (χ3v) is 5.48. The summed E-state index contributed by atoms with van der Waals surface area (Å²) in [5.74, 6) is 2.21. The fourth-order valence-electron chi connectivity index (χ4n) is 3.97. The van der Waals surface area contributed by atoms with Gasteiger partial charge in [0.15, 0.2) is 0 Å². The average molecular weight is 381 g/mol. The van der Waals surface area contributed by atoms with E-state index in [1.165, 1.54) is 0 Å². The number of hydrogen-bond acceptors (Lipinski definition) is 6. The molecule has 2 aromatic rings. The number of hydrogen-bond donors (Lipinski definition) is 0. The van der Waals surface area contributed by atoms with E-state index in [4.69, 9.17) is 9.72 Å². The van der Waals surface area contributed by atoms with E-state index < -0.39 is 0 Å². The van der Waals surface area contributed by atoms with Crippen LogP contribution in [0.4, 0.5) is 5.82 Å². The molecule has 28 heavy (non-hydrogen) atoms. The number of likely N-dealkylation sites (tertiary alicyclic amines) is 1. The molecule has 0 saturated carbocycles. The summed E-state index contributed by atoms with van der Waals surface area (Å²) in [5, 5.41) is 0. The number of piperidine rings is 1. The van der Waals surface area contributed by atoms with Gasteiger partial charge in [-0.1, -0.05) is 0 Å². The van der Waals surface area contributed by atoms with Crippen molar-refractivity contribution in [1.82, 2.24) is 19.9 Å². The number of pyridine rings is 1. The number of carbonyl (C=O) groups excluding carboxylic acids is 1. The molecule has 0 aromatic carbocycles. The number of rotatable bonds is 4. The molecule has 4 rings (SSSR count). The van der Waals surface area contributed by atoms with E-state index in [0.29, 0.717) is 6.42 Å². The molecule has 4 heterocycles. The molecule has 0 N–H and O–H groups in total. The molecule has 0 bridgehead atoms. The Morgan fingerprint density at radius 3 is 2.75 bits per heavy atom. The zero-order valence-electron chi connectivity index (χ0n) is 16.4. The number of anilines is 1. The smallest absolute Gasteiger partial charge is 0.227 e. The second-order valence-corrected chi connectivity index (χ2v) is 7.51. The van der Waals surface area contributed by atoms with Gasteiger partial charge in [0.1, 0.15) is 11.6 Å². The summed E-state index contributed by atoms with van der Waals surface area (Å²) in [6, 6.07) is 5.92. The number of ether oxygens (including phenoxy) is 1. The molecule has 0 radical (unpaired) electrons. The summed E-state index contributed by atoms with van der Waals surface area (Å²) in [6.07, 6.45) is 5.95. The Morgan fingerprint density at radius 1 is 1.18 bits per heavy atom. The van der Waals surface area contributed by atoms with E-state index in [-0.39, 0.29) is 11.8 Å². The number of morpholine rings is 1. The Hall–Kier alpha value is -2.54. The molecule has 2 aliphatic heterocycles. The molecule has 0 aliphatic carbocycles. The van der Waals surface area contributed by atoms with Crippen LogP contribution in [0.15, 0.2) is 30.6 Å². The van der Waals surface area contributed by atoms with Crippen molar-refractivity contribution in [3.05, 3.63) is 47.7 Å². The lowest BCUT2D eigenvalue weighted by Gasteiger charge is -2.33. The number of aromatic nitrogens is 3. The van der Waals surface area contributed by atoms with E-state index in [1.54, 1.807) is 12.4 Å². The predicted octanol–water partition coefficient (Wildman–Crippen LogP) is 1.97. The lowest BCUT2D eigenvalue weighted by molar-refractivity contribution is -0.131. The molecule has 0 spiro atoms. The Kier molecular flexibility index (Phi) is 5.81. The molecule has 1 unspecified atom stereocenters. The maximum absolute atomic E-state index is 12.8. The minimum absolute atomic E-state index is 0.176. The number of aryl methyl sites for hydroxylation is 1. The first kappa shape index (κ1) is 18.8. The number of nitrogens with zero attached hydrogens (tertiary/aromatic N) is 5. The molecule has 7 heteroatoms. The van der Waals surface area contributed by atoms with Gasteiger partial charge in [0.25, 0.3) is 0 Å². The van der Waals surface area contributed by atoms with Gasteiger partial charge in [0, 0.05) is 50.6 Å². The maximum Gasteiger partial charge on any atom is 0.227 e. The van der Waals surface area contributed by atoms with Gasteiger partial charge >= 0.3 is 0 Å². The van der Waals surface area contributed by atoms with Crippen LogP contribution in [0.3, 0.4) is 0 Å². The van der Waals surface area contributed by atoms with Crippen molar-refractivity contribution in [3.63, 3.8) is 0 Å². The van der Waals surface area contributed by atoms with Gasteiger partial charge in [0.05, 0.1) is 25.3 Å². The van der Waals surface area contributed by atoms with Crippen molar-refractivity contribution >= 4 is 11.7 Å². The van der Waals surface area contributed by atoms with Crippen molar-refractivity contribution in [2.24, 2.45) is 0 Å². The zero-order chi connectivity index (χ0) is 19.3. The summed E-state index contributed by atoms with van der Waals surface area (Å²) in [7, 11) is 0. The first-order valence-electron chi connectivity index (χ1n) is 10.0. The van der Waals surface area contributed by atoms with E-state index in [1.807, 2.05) is 24.0 Å². The highest BCUT2D eigenvalue weighted by Crippen LogP contribution is 2.28. The van der Waals surface area contributed by atoms with Crippen LogP contribution in [0, 0.1) is 6.92 Å². The SMILES string of the molecule is Cc1nc(C2CCCN(C(=O)Cc3ccncc3)C2)cc(N2CCOCC2)n1. The molecule has 2 aromatic heterocycles. The molecule has 2 saturated heterocycles. The molecule has 2 fully saturated rings. The molecular weight excluding hydrogens is 354 g/mol. The highest BCUT2D eigenvalue weighted by atomic mass is 16.5. The van der Waals surface area contributed by atoms with Crippen LogP contribution in [0.1, 0.15) is 35.8 Å². The van der Waals surface area contributed by atoms with E-state index in [0.717, 1.165) is 75.1 Å². The summed E-state index contributed by atoms with van der Waals surface area (Å²) in [5.41, 5.74) is 2.06. The van der Waals surface area contributed by atoms with Gasteiger partial charge < -0.3 is 14.5 Å². The fraction of sp³-hybridized carbons (Fsp3) is 0.524. The Balaban J connectivity index is 1.46. The van der Waals surface area contributed by atoms with Gasteiger partial charge in [-0.25, -0.2) is 9.97 Å². The van der Waals surface area contributed by atoms with Crippen LogP contribution in [0.25, 0.3) is 0 Å². The molecular formula is C21H27N5O2. The number of carbonyl (C=O) groups is 1. The minimum Gasteiger partial charge on any atom is -0.378 e. The monoisotopic (exact) mass is 381 g/mol. The molecule has 7 nitrogen and oxygen atoms in total. The first-order valence-corrected chi connectivity index (χ1v) is 10.0. The van der Waals surface area contributed by atoms with Gasteiger partial charge in [-0.05, 0) is 37.5 Å². The zero-order valence-corrected chi connectivity index (χ0v) is 16.4. The lowest BCUT2D eigenvalue weighted by Crippen LogP contribution is -2.40. The van der Waals surface area contributed by atoms with Crippen LogP contribution < -0.4 is 4.90 Å². The van der Waals surface area contributed by atoms with Gasteiger partial charge in [0.2, 0.25) is 5.91 Å². The topological polar surface area (TPSA) is 71.5 Å². The third-order valence-electron chi connectivity index (χ3n) is 5.48. The average Bonchev–Trinajstić information content (AvgIpc) is 2.75. The Labute approximate surface area is 165 Å². The Bertz CT molecular complexity index is 808. The summed E-state index contributed by atoms with van der Waals surface area (Å²) in [6.45, 7) is 6.68. The van der Waals surface area contributed by atoms with Crippen LogP contribution in [-0.2, 0) is 16.0 Å². The van der Waals surface area contributed by atoms with Crippen molar-refractivity contribution in [2.75, 3.05) is 44.3 Å². The van der Waals surface area contributed by atoms with Crippen molar-refractivity contribution in [3.8, 4) is 0 Å². The second kappa shape index (κ2) is 8.65. The largest absolute Gasteiger partial charge is 0.378 e. The summed E-state index contributed by atoms with van der Waals surface area (Å²) < 4.78 is 5.45. The Morgan fingerprint density at radius 2 is 1.96 bits per heavy atom. The molecule has 1 atom stereocenters. The standard InChI is InChI=1S/C21H27N5O2/c1-16-23-19(14-20(24-16)25-9-11-28-12-10-25)18-3-2-8-26(15-18)21(27)13-17-4-6-22-7-5-17/h4-7,14,18H,2-3,8-13,15H2,1H3. The van der Waals surface area contributed by atoms with Crippen LogP contribution in [0.2, 0.25) is 0 Å². The third kappa shape index (κ3) is 4.47. The fourth-order valence-corrected chi connectivity index (χ4v) is 3.97. The normalized spacial score (nSPS) is 20.2. The van der Waals surface area contributed by atoms with Gasteiger partial charge in [-0.15, -0.1) is 0 Å². The van der Waals surface area contributed by atoms with E-state index in [2.05, 4.69) is 20.9 Å². The van der Waals surface area contributed by atoms with Crippen LogP contribution >= 0.6 is 0 Å². The molecule has 1 amide bonds. The highest BCUT2D eigenvalue weighted by Gasteiger charge is 2.27. The van der Waals surface area contributed by atoms with Crippen molar-refractivity contribution in [1.29, 1.82) is 0 Å². The van der Waals surface area contributed by atoms with Crippen molar-refractivity contribution < 1.29 is 9.53 Å². The van der Waals surface area contributed by atoms with Crippen LogP contribution in [0.5, 0.6) is 0 Å². The highest BCUT2D eigenvalue weighted by molar-refractivity contribution is 5.78. The number of amides is 1. The van der Waals surface area contributed by atoms with Crippen LogP contribution in [-0.4, -0.2) is 65.2 Å². The maximum atomic E-state index is 12.8. The van der Waals surface area contributed by atoms with Crippen molar-refractivity contribution in [2.45, 2.75) is 32.1 Å². The lowest BCUT2D eigenvalue weighted by atomic mass is 9.94. The van der Waals surface area contributed by atoms with E-state index >= 15 is 0 Å².